The summed E-state index contributed by atoms with van der Waals surface area (Å²) in [7, 11) is 0. The summed E-state index contributed by atoms with van der Waals surface area (Å²) in [6.07, 6.45) is 8.16. The Morgan fingerprint density at radius 3 is 2.86 bits per heavy atom. The molecule has 0 N–H and O–H groups in total. The highest BCUT2D eigenvalue weighted by molar-refractivity contribution is 5.97. The molecule has 0 spiro atoms. The van der Waals surface area contributed by atoms with Crippen molar-refractivity contribution in [3.63, 3.8) is 0 Å². The molecule has 0 bridgehead atoms. The Bertz CT molecular complexity index is 360. The number of Topliss-reactive ketones (excluding diaryl/α,β-unsaturated/α-hetero) is 1. The van der Waals surface area contributed by atoms with Crippen LogP contribution >= 0.6 is 0 Å². The maximum atomic E-state index is 11.7. The number of hydrogen-bond acceptors (Lipinski definition) is 1. The van der Waals surface area contributed by atoms with Gasteiger partial charge in [-0.3, -0.25) is 4.79 Å². The van der Waals surface area contributed by atoms with Gasteiger partial charge in [-0.1, -0.05) is 12.8 Å². The Hall–Kier alpha value is -1.05. The van der Waals surface area contributed by atoms with Gasteiger partial charge < -0.3 is 4.57 Å². The molecule has 1 aromatic rings. The van der Waals surface area contributed by atoms with Gasteiger partial charge >= 0.3 is 0 Å². The summed E-state index contributed by atoms with van der Waals surface area (Å²) >= 11 is 0. The normalized spacial score (nSPS) is 27.1. The van der Waals surface area contributed by atoms with Gasteiger partial charge in [0.05, 0.1) is 5.69 Å². The van der Waals surface area contributed by atoms with Crippen molar-refractivity contribution in [3.8, 4) is 0 Å². The van der Waals surface area contributed by atoms with Crippen molar-refractivity contribution >= 4 is 5.78 Å². The van der Waals surface area contributed by atoms with E-state index in [9.17, 15) is 4.79 Å². The smallest absolute Gasteiger partial charge is 0.181 e. The van der Waals surface area contributed by atoms with Gasteiger partial charge in [-0.05, 0) is 30.9 Å². The summed E-state index contributed by atoms with van der Waals surface area (Å²) in [5.41, 5.74) is 0.932. The lowest BCUT2D eigenvalue weighted by molar-refractivity contribution is 0.0982. The zero-order valence-corrected chi connectivity index (χ0v) is 8.28. The molecule has 2 nitrogen and oxygen atoms in total. The fourth-order valence-corrected chi connectivity index (χ4v) is 3.05. The molecule has 2 aliphatic rings. The molecule has 0 amide bonds. The maximum absolute atomic E-state index is 11.7. The lowest BCUT2D eigenvalue weighted by Gasteiger charge is -2.19. The highest BCUT2D eigenvalue weighted by Gasteiger charge is 2.34. The average Bonchev–Trinajstić information content (AvgIpc) is 2.84. The topological polar surface area (TPSA) is 22.0 Å². The van der Waals surface area contributed by atoms with Crippen molar-refractivity contribution in [3.05, 3.63) is 24.0 Å². The largest absolute Gasteiger partial charge is 0.341 e. The van der Waals surface area contributed by atoms with Crippen LogP contribution in [0.15, 0.2) is 18.3 Å². The highest BCUT2D eigenvalue weighted by atomic mass is 16.1. The molecule has 1 unspecified atom stereocenters. The second kappa shape index (κ2) is 2.97. The van der Waals surface area contributed by atoms with Crippen molar-refractivity contribution in [1.29, 1.82) is 0 Å². The predicted octanol–water partition coefficient (Wildman–Crippen LogP) is 2.81. The average molecular weight is 189 g/mol. The Morgan fingerprint density at radius 2 is 2.07 bits per heavy atom. The van der Waals surface area contributed by atoms with Crippen LogP contribution < -0.4 is 0 Å². The zero-order chi connectivity index (χ0) is 9.54. The number of fused-ring (bicyclic) bond motifs is 1. The molecule has 1 fully saturated rings. The van der Waals surface area contributed by atoms with Crippen LogP contribution in [0.5, 0.6) is 0 Å². The van der Waals surface area contributed by atoms with Crippen molar-refractivity contribution < 1.29 is 4.79 Å². The van der Waals surface area contributed by atoms with Crippen LogP contribution in [0.4, 0.5) is 0 Å². The summed E-state index contributed by atoms with van der Waals surface area (Å²) in [4.78, 5) is 11.7. The van der Waals surface area contributed by atoms with Gasteiger partial charge in [0.1, 0.15) is 0 Å². The molecule has 1 aliphatic heterocycles. The standard InChI is InChI=1S/C12H15NO/c14-12-8-11(9-4-1-2-5-9)13-7-3-6-10(12)13/h3,6-7,9,11H,1-2,4-5,8H2. The SMILES string of the molecule is O=C1CC(C2CCCC2)n2cccc21. The van der Waals surface area contributed by atoms with Gasteiger partial charge in [0.15, 0.2) is 5.78 Å². The molecule has 14 heavy (non-hydrogen) atoms. The molecular weight excluding hydrogens is 174 g/mol. The number of aromatic nitrogens is 1. The maximum Gasteiger partial charge on any atom is 0.181 e. The molecule has 0 radical (unpaired) electrons. The van der Waals surface area contributed by atoms with E-state index in [1.54, 1.807) is 0 Å². The van der Waals surface area contributed by atoms with E-state index >= 15 is 0 Å². The van der Waals surface area contributed by atoms with Crippen LogP contribution in [-0.4, -0.2) is 10.4 Å². The molecule has 1 aromatic heterocycles. The number of carbonyl (C=O) groups excluding carboxylic acids is 1. The summed E-state index contributed by atoms with van der Waals surface area (Å²) in [5.74, 6) is 1.10. The van der Waals surface area contributed by atoms with Crippen LogP contribution in [-0.2, 0) is 0 Å². The molecule has 0 saturated heterocycles. The zero-order valence-electron chi connectivity index (χ0n) is 8.28. The van der Waals surface area contributed by atoms with Crippen LogP contribution in [0.25, 0.3) is 0 Å². The first-order valence-corrected chi connectivity index (χ1v) is 5.56. The summed E-state index contributed by atoms with van der Waals surface area (Å²) in [5, 5.41) is 0. The molecule has 2 heteroatoms. The van der Waals surface area contributed by atoms with Crippen LogP contribution in [0.2, 0.25) is 0 Å². The lowest BCUT2D eigenvalue weighted by Crippen LogP contribution is -2.12. The third-order valence-corrected chi connectivity index (χ3v) is 3.76. The minimum Gasteiger partial charge on any atom is -0.341 e. The Labute approximate surface area is 83.9 Å². The van der Waals surface area contributed by atoms with E-state index in [-0.39, 0.29) is 0 Å². The van der Waals surface area contributed by atoms with Crippen molar-refractivity contribution in [2.45, 2.75) is 38.1 Å². The summed E-state index contributed by atoms with van der Waals surface area (Å²) in [6, 6.07) is 4.43. The third-order valence-electron chi connectivity index (χ3n) is 3.76. The van der Waals surface area contributed by atoms with E-state index in [0.29, 0.717) is 11.8 Å². The molecule has 1 saturated carbocycles. The summed E-state index contributed by atoms with van der Waals surface area (Å²) in [6.45, 7) is 0. The van der Waals surface area contributed by atoms with E-state index in [4.69, 9.17) is 0 Å². The lowest BCUT2D eigenvalue weighted by atomic mass is 9.96. The molecule has 1 atom stereocenters. The van der Waals surface area contributed by atoms with Gasteiger partial charge in [0.2, 0.25) is 0 Å². The minimum absolute atomic E-state index is 0.340. The number of ketones is 1. The number of carbonyl (C=O) groups is 1. The van der Waals surface area contributed by atoms with E-state index in [1.165, 1.54) is 25.7 Å². The van der Waals surface area contributed by atoms with E-state index in [0.717, 1.165) is 18.0 Å². The Balaban J connectivity index is 1.93. The van der Waals surface area contributed by atoms with Crippen LogP contribution in [0.1, 0.15) is 48.6 Å². The number of nitrogens with zero attached hydrogens (tertiary/aromatic N) is 1. The molecule has 3 rings (SSSR count). The van der Waals surface area contributed by atoms with Crippen molar-refractivity contribution in [2.24, 2.45) is 5.92 Å². The number of hydrogen-bond donors (Lipinski definition) is 0. The van der Waals surface area contributed by atoms with Crippen LogP contribution in [0, 0.1) is 5.92 Å². The highest BCUT2D eigenvalue weighted by Crippen LogP contribution is 2.40. The molecule has 0 aromatic carbocycles. The van der Waals surface area contributed by atoms with Gasteiger partial charge in [0.25, 0.3) is 0 Å². The quantitative estimate of drug-likeness (QED) is 0.665. The van der Waals surface area contributed by atoms with Gasteiger partial charge in [-0.15, -0.1) is 0 Å². The predicted molar refractivity (Wildman–Crippen MR) is 54.4 cm³/mol. The molecule has 2 heterocycles. The fraction of sp³-hybridized carbons (Fsp3) is 0.583. The molecule has 74 valence electrons. The summed E-state index contributed by atoms with van der Waals surface area (Å²) < 4.78 is 2.21. The minimum atomic E-state index is 0.340. The number of rotatable bonds is 1. The molecule has 1 aliphatic carbocycles. The first-order valence-electron chi connectivity index (χ1n) is 5.56. The molecular formula is C12H15NO. The van der Waals surface area contributed by atoms with Crippen LogP contribution in [0.3, 0.4) is 0 Å². The first kappa shape index (κ1) is 8.27. The third kappa shape index (κ3) is 1.06. The van der Waals surface area contributed by atoms with Gasteiger partial charge in [-0.25, -0.2) is 0 Å². The van der Waals surface area contributed by atoms with E-state index < -0.39 is 0 Å². The van der Waals surface area contributed by atoms with E-state index in [2.05, 4.69) is 10.8 Å². The monoisotopic (exact) mass is 189 g/mol. The van der Waals surface area contributed by atoms with Crippen molar-refractivity contribution in [1.82, 2.24) is 4.57 Å². The Kier molecular flexibility index (Phi) is 1.76. The van der Waals surface area contributed by atoms with Gasteiger partial charge in [-0.2, -0.15) is 0 Å². The van der Waals surface area contributed by atoms with E-state index in [1.807, 2.05) is 12.1 Å². The van der Waals surface area contributed by atoms with Crippen molar-refractivity contribution in [2.75, 3.05) is 0 Å². The fourth-order valence-electron chi connectivity index (χ4n) is 3.05. The first-order chi connectivity index (χ1) is 6.86. The Morgan fingerprint density at radius 1 is 1.29 bits per heavy atom. The second-order valence-corrected chi connectivity index (χ2v) is 4.54. The van der Waals surface area contributed by atoms with Gasteiger partial charge in [0, 0.05) is 18.7 Å². The second-order valence-electron chi connectivity index (χ2n) is 4.54.